The van der Waals surface area contributed by atoms with E-state index in [2.05, 4.69) is 13.8 Å². The Morgan fingerprint density at radius 3 is 1.14 bits per heavy atom. The molecule has 0 bridgehead atoms. The lowest BCUT2D eigenvalue weighted by atomic mass is 9.85. The van der Waals surface area contributed by atoms with Gasteiger partial charge in [0.1, 0.15) is 0 Å². The minimum atomic E-state index is -0.783. The highest BCUT2D eigenvalue weighted by molar-refractivity contribution is 5.29. The first-order chi connectivity index (χ1) is 13.3. The Bertz CT molecular complexity index is 455. The number of hydrogen-bond acceptors (Lipinski definition) is 2. The van der Waals surface area contributed by atoms with Crippen LogP contribution in [-0.4, -0.2) is 10.2 Å². The van der Waals surface area contributed by atoms with Gasteiger partial charge in [0.25, 0.3) is 0 Å². The second kappa shape index (κ2) is 13.4. The highest BCUT2D eigenvalue weighted by Crippen LogP contribution is 2.31. The van der Waals surface area contributed by atoms with Crippen molar-refractivity contribution in [2.24, 2.45) is 0 Å². The van der Waals surface area contributed by atoms with Crippen LogP contribution in [0.15, 0.2) is 24.3 Å². The van der Waals surface area contributed by atoms with E-state index in [0.29, 0.717) is 0 Å². The first-order valence-electron chi connectivity index (χ1n) is 11.9. The first-order valence-corrected chi connectivity index (χ1v) is 11.9. The standard InChI is InChI=1S/C26H46O2/c1-5-7-9-11-13-15-21-25(3,27)23-17-19-24(20-18-23)26(4,28)22-16-14-12-10-8-6-2/h17-20,27-28H,5-16,21-22H2,1-4H3. The Balaban J connectivity index is 2.46. The summed E-state index contributed by atoms with van der Waals surface area (Å²) in [6.07, 6.45) is 16.4. The molecule has 0 aromatic heterocycles. The van der Waals surface area contributed by atoms with Crippen molar-refractivity contribution in [3.05, 3.63) is 35.4 Å². The molecule has 1 rings (SSSR count). The Labute approximate surface area is 174 Å². The molecule has 1 aromatic rings. The molecule has 0 saturated heterocycles. The van der Waals surface area contributed by atoms with E-state index in [4.69, 9.17) is 0 Å². The molecule has 0 aliphatic carbocycles. The molecule has 2 heteroatoms. The average molecular weight is 391 g/mol. The summed E-state index contributed by atoms with van der Waals surface area (Å²) < 4.78 is 0. The normalized spacial score (nSPS) is 15.9. The van der Waals surface area contributed by atoms with E-state index < -0.39 is 11.2 Å². The average Bonchev–Trinajstić information content (AvgIpc) is 2.67. The van der Waals surface area contributed by atoms with Crippen molar-refractivity contribution in [1.82, 2.24) is 0 Å². The van der Waals surface area contributed by atoms with E-state index in [1.54, 1.807) is 0 Å². The Kier molecular flexibility index (Phi) is 12.0. The topological polar surface area (TPSA) is 40.5 Å². The molecule has 2 atom stereocenters. The highest BCUT2D eigenvalue weighted by atomic mass is 16.3. The van der Waals surface area contributed by atoms with Crippen LogP contribution < -0.4 is 0 Å². The predicted octanol–water partition coefficient (Wildman–Crippen LogP) is 7.60. The van der Waals surface area contributed by atoms with Gasteiger partial charge in [0.15, 0.2) is 0 Å². The molecule has 0 spiro atoms. The zero-order chi connectivity index (χ0) is 20.9. The number of aliphatic hydroxyl groups is 2. The molecule has 0 radical (unpaired) electrons. The van der Waals surface area contributed by atoms with Gasteiger partial charge < -0.3 is 10.2 Å². The predicted molar refractivity (Wildman–Crippen MR) is 122 cm³/mol. The van der Waals surface area contributed by atoms with Crippen LogP contribution in [-0.2, 0) is 11.2 Å². The van der Waals surface area contributed by atoms with Crippen LogP contribution >= 0.6 is 0 Å². The van der Waals surface area contributed by atoms with Crippen LogP contribution in [0.1, 0.15) is 129 Å². The van der Waals surface area contributed by atoms with Crippen LogP contribution in [0.25, 0.3) is 0 Å². The van der Waals surface area contributed by atoms with Crippen LogP contribution in [0.2, 0.25) is 0 Å². The largest absolute Gasteiger partial charge is 0.385 e. The summed E-state index contributed by atoms with van der Waals surface area (Å²) in [6, 6.07) is 8.01. The van der Waals surface area contributed by atoms with Gasteiger partial charge in [0, 0.05) is 0 Å². The fourth-order valence-corrected chi connectivity index (χ4v) is 3.98. The molecule has 0 aliphatic heterocycles. The van der Waals surface area contributed by atoms with Gasteiger partial charge in [0.2, 0.25) is 0 Å². The maximum Gasteiger partial charge on any atom is 0.0868 e. The molecule has 0 amide bonds. The summed E-state index contributed by atoms with van der Waals surface area (Å²) in [5.74, 6) is 0. The zero-order valence-corrected chi connectivity index (χ0v) is 19.1. The van der Waals surface area contributed by atoms with Gasteiger partial charge in [-0.15, -0.1) is 0 Å². The summed E-state index contributed by atoms with van der Waals surface area (Å²) in [5.41, 5.74) is 0.350. The summed E-state index contributed by atoms with van der Waals surface area (Å²) in [5, 5.41) is 21.7. The molecule has 2 N–H and O–H groups in total. The number of hydrogen-bond donors (Lipinski definition) is 2. The summed E-state index contributed by atoms with van der Waals surface area (Å²) in [4.78, 5) is 0. The van der Waals surface area contributed by atoms with Crippen molar-refractivity contribution in [1.29, 1.82) is 0 Å². The third kappa shape index (κ3) is 9.56. The fraction of sp³-hybridized carbons (Fsp3) is 0.769. The third-order valence-corrected chi connectivity index (χ3v) is 6.16. The lowest BCUT2D eigenvalue weighted by molar-refractivity contribution is 0.0409. The zero-order valence-electron chi connectivity index (χ0n) is 19.1. The molecular weight excluding hydrogens is 344 g/mol. The quantitative estimate of drug-likeness (QED) is 0.285. The molecule has 2 nitrogen and oxygen atoms in total. The first kappa shape index (κ1) is 25.2. The molecular formula is C26H46O2. The van der Waals surface area contributed by atoms with Crippen molar-refractivity contribution in [3.8, 4) is 0 Å². The summed E-state index contributed by atoms with van der Waals surface area (Å²) in [6.45, 7) is 8.31. The molecule has 0 aliphatic rings. The van der Waals surface area contributed by atoms with Crippen molar-refractivity contribution in [2.45, 2.75) is 129 Å². The van der Waals surface area contributed by atoms with Gasteiger partial charge >= 0.3 is 0 Å². The molecule has 2 unspecified atom stereocenters. The molecule has 0 heterocycles. The van der Waals surface area contributed by atoms with E-state index in [0.717, 1.165) is 36.8 Å². The van der Waals surface area contributed by atoms with Crippen molar-refractivity contribution in [2.75, 3.05) is 0 Å². The lowest BCUT2D eigenvalue weighted by Gasteiger charge is -2.27. The molecule has 1 aromatic carbocycles. The van der Waals surface area contributed by atoms with Gasteiger partial charge in [-0.05, 0) is 37.8 Å². The summed E-state index contributed by atoms with van der Waals surface area (Å²) in [7, 11) is 0. The van der Waals surface area contributed by atoms with E-state index in [9.17, 15) is 10.2 Å². The fourth-order valence-electron chi connectivity index (χ4n) is 3.98. The number of benzene rings is 1. The van der Waals surface area contributed by atoms with Crippen molar-refractivity contribution in [3.63, 3.8) is 0 Å². The minimum absolute atomic E-state index is 0.783. The van der Waals surface area contributed by atoms with E-state index in [-0.39, 0.29) is 0 Å². The van der Waals surface area contributed by atoms with Crippen LogP contribution in [0.5, 0.6) is 0 Å². The molecule has 28 heavy (non-hydrogen) atoms. The van der Waals surface area contributed by atoms with Crippen LogP contribution in [0.4, 0.5) is 0 Å². The van der Waals surface area contributed by atoms with Gasteiger partial charge in [-0.2, -0.15) is 0 Å². The minimum Gasteiger partial charge on any atom is -0.385 e. The molecule has 0 fully saturated rings. The second-order valence-corrected chi connectivity index (χ2v) is 9.16. The van der Waals surface area contributed by atoms with Gasteiger partial charge in [-0.25, -0.2) is 0 Å². The van der Waals surface area contributed by atoms with Crippen molar-refractivity contribution >= 4 is 0 Å². The van der Waals surface area contributed by atoms with Gasteiger partial charge in [0.05, 0.1) is 11.2 Å². The van der Waals surface area contributed by atoms with Gasteiger partial charge in [-0.1, -0.05) is 115 Å². The molecule has 162 valence electrons. The van der Waals surface area contributed by atoms with E-state index in [1.165, 1.54) is 64.2 Å². The van der Waals surface area contributed by atoms with Crippen molar-refractivity contribution < 1.29 is 10.2 Å². The number of rotatable bonds is 16. The van der Waals surface area contributed by atoms with E-state index >= 15 is 0 Å². The highest BCUT2D eigenvalue weighted by Gasteiger charge is 2.25. The van der Waals surface area contributed by atoms with E-state index in [1.807, 2.05) is 38.1 Å². The smallest absolute Gasteiger partial charge is 0.0868 e. The summed E-state index contributed by atoms with van der Waals surface area (Å²) >= 11 is 0. The lowest BCUT2D eigenvalue weighted by Crippen LogP contribution is -2.23. The Hall–Kier alpha value is -0.860. The SMILES string of the molecule is CCCCCCCCC(C)(O)c1ccc(C(C)(O)CCCCCCCC)cc1. The maximum atomic E-state index is 10.9. The third-order valence-electron chi connectivity index (χ3n) is 6.16. The number of unbranched alkanes of at least 4 members (excludes halogenated alkanes) is 10. The van der Waals surface area contributed by atoms with Gasteiger partial charge in [-0.3, -0.25) is 0 Å². The Morgan fingerprint density at radius 1 is 0.536 bits per heavy atom. The monoisotopic (exact) mass is 390 g/mol. The van der Waals surface area contributed by atoms with Crippen LogP contribution in [0.3, 0.4) is 0 Å². The maximum absolute atomic E-state index is 10.9. The molecule has 0 saturated carbocycles. The van der Waals surface area contributed by atoms with Crippen LogP contribution in [0, 0.1) is 0 Å². The second-order valence-electron chi connectivity index (χ2n) is 9.16. The Morgan fingerprint density at radius 2 is 0.821 bits per heavy atom.